The molecular formula is C28H44. The number of rotatable bonds is 4. The van der Waals surface area contributed by atoms with Crippen molar-refractivity contribution < 1.29 is 0 Å². The maximum Gasteiger partial charge on any atom is -0.00445 e. The average molecular weight is 381 g/mol. The highest BCUT2D eigenvalue weighted by Crippen LogP contribution is 2.66. The van der Waals surface area contributed by atoms with Crippen LogP contribution in [-0.4, -0.2) is 0 Å². The van der Waals surface area contributed by atoms with Gasteiger partial charge in [0, 0.05) is 0 Å². The van der Waals surface area contributed by atoms with Crippen LogP contribution in [0, 0.1) is 52.3 Å². The first-order valence-electron chi connectivity index (χ1n) is 12.3. The second kappa shape index (κ2) is 7.48. The van der Waals surface area contributed by atoms with E-state index >= 15 is 0 Å². The van der Waals surface area contributed by atoms with E-state index < -0.39 is 0 Å². The zero-order valence-corrected chi connectivity index (χ0v) is 19.4. The highest BCUT2D eigenvalue weighted by atomic mass is 14.6. The van der Waals surface area contributed by atoms with E-state index in [1.807, 2.05) is 0 Å². The molecule has 0 saturated heterocycles. The van der Waals surface area contributed by atoms with Crippen LogP contribution in [0.15, 0.2) is 36.0 Å². The Kier molecular flexibility index (Phi) is 5.47. The second-order valence-corrected chi connectivity index (χ2v) is 11.7. The molecule has 4 aliphatic rings. The summed E-state index contributed by atoms with van der Waals surface area (Å²) in [6.07, 6.45) is 22.8. The van der Waals surface area contributed by atoms with Crippen molar-refractivity contribution in [1.29, 1.82) is 0 Å². The average Bonchev–Trinajstić information content (AvgIpc) is 3.02. The summed E-state index contributed by atoms with van der Waals surface area (Å²) in [5, 5.41) is 0. The van der Waals surface area contributed by atoms with Gasteiger partial charge in [0.2, 0.25) is 0 Å². The second-order valence-electron chi connectivity index (χ2n) is 11.7. The molecular weight excluding hydrogens is 336 g/mol. The minimum absolute atomic E-state index is 0.468. The summed E-state index contributed by atoms with van der Waals surface area (Å²) < 4.78 is 0. The summed E-state index contributed by atoms with van der Waals surface area (Å²) in [4.78, 5) is 0. The van der Waals surface area contributed by atoms with Gasteiger partial charge in [0.15, 0.2) is 0 Å². The normalized spacial score (nSPS) is 44.8. The fraction of sp³-hybridized carbons (Fsp3) is 0.786. The molecule has 156 valence electrons. The first-order valence-corrected chi connectivity index (χ1v) is 12.3. The fourth-order valence-electron chi connectivity index (χ4n) is 7.79. The number of hydrogen-bond donors (Lipinski definition) is 0. The van der Waals surface area contributed by atoms with Gasteiger partial charge in [0.25, 0.3) is 0 Å². The van der Waals surface area contributed by atoms with E-state index in [9.17, 15) is 0 Å². The SMILES string of the molecule is CC(C)C(C)/C=C/C(C)C1CCC2C3C=CC4=CCCCC4(C)C3CCC12C. The Labute approximate surface area is 175 Å². The van der Waals surface area contributed by atoms with Crippen LogP contribution in [0.25, 0.3) is 0 Å². The van der Waals surface area contributed by atoms with Crippen molar-refractivity contribution in [2.45, 2.75) is 86.5 Å². The molecule has 0 aromatic heterocycles. The fourth-order valence-corrected chi connectivity index (χ4v) is 7.79. The van der Waals surface area contributed by atoms with E-state index in [0.717, 1.165) is 35.5 Å². The van der Waals surface area contributed by atoms with Crippen LogP contribution in [0.3, 0.4) is 0 Å². The van der Waals surface area contributed by atoms with E-state index in [2.05, 4.69) is 71.9 Å². The third-order valence-electron chi connectivity index (χ3n) is 10.1. The van der Waals surface area contributed by atoms with Gasteiger partial charge in [-0.1, -0.05) is 71.9 Å². The van der Waals surface area contributed by atoms with Gasteiger partial charge in [-0.2, -0.15) is 0 Å². The lowest BCUT2D eigenvalue weighted by atomic mass is 9.48. The minimum Gasteiger partial charge on any atom is -0.0852 e. The molecule has 0 amide bonds. The lowest BCUT2D eigenvalue weighted by molar-refractivity contribution is -0.0214. The zero-order valence-electron chi connectivity index (χ0n) is 19.4. The van der Waals surface area contributed by atoms with Crippen molar-refractivity contribution in [3.8, 4) is 0 Å². The number of fused-ring (bicyclic) bond motifs is 5. The lowest BCUT2D eigenvalue weighted by Crippen LogP contribution is -2.49. The molecule has 0 nitrogen and oxygen atoms in total. The van der Waals surface area contributed by atoms with Gasteiger partial charge in [-0.05, 0) is 103 Å². The molecule has 0 aromatic carbocycles. The standard InChI is InChI=1S/C28H44/c1-19(2)20(3)10-11-21(4)24-14-15-25-23-13-12-22-9-7-8-17-27(22,5)26(23)16-18-28(24,25)6/h9-13,19-21,23-26H,7-8,14-18H2,1-6H3/b11-10+. The van der Waals surface area contributed by atoms with E-state index in [-0.39, 0.29) is 0 Å². The molecule has 0 N–H and O–H groups in total. The van der Waals surface area contributed by atoms with Crippen LogP contribution in [0.1, 0.15) is 86.5 Å². The number of hydrogen-bond acceptors (Lipinski definition) is 0. The Bertz CT molecular complexity index is 664. The molecule has 0 bridgehead atoms. The Hall–Kier alpha value is -0.780. The van der Waals surface area contributed by atoms with Crippen molar-refractivity contribution in [3.05, 3.63) is 36.0 Å². The van der Waals surface area contributed by atoms with Crippen molar-refractivity contribution >= 4 is 0 Å². The van der Waals surface area contributed by atoms with Gasteiger partial charge >= 0.3 is 0 Å². The van der Waals surface area contributed by atoms with Crippen LogP contribution >= 0.6 is 0 Å². The molecule has 0 aliphatic heterocycles. The van der Waals surface area contributed by atoms with Crippen molar-refractivity contribution in [1.82, 2.24) is 0 Å². The predicted octanol–water partition coefficient (Wildman–Crippen LogP) is 8.22. The van der Waals surface area contributed by atoms with Gasteiger partial charge in [-0.3, -0.25) is 0 Å². The van der Waals surface area contributed by atoms with Crippen LogP contribution in [0.5, 0.6) is 0 Å². The molecule has 0 radical (unpaired) electrons. The van der Waals surface area contributed by atoms with Crippen LogP contribution in [0.4, 0.5) is 0 Å². The van der Waals surface area contributed by atoms with Crippen LogP contribution in [0.2, 0.25) is 0 Å². The van der Waals surface area contributed by atoms with Gasteiger partial charge in [0.05, 0.1) is 0 Å². The summed E-state index contributed by atoms with van der Waals surface area (Å²) in [6, 6.07) is 0. The van der Waals surface area contributed by atoms with Crippen molar-refractivity contribution in [3.63, 3.8) is 0 Å². The molecule has 28 heavy (non-hydrogen) atoms. The molecule has 0 heteroatoms. The molecule has 0 heterocycles. The van der Waals surface area contributed by atoms with Crippen LogP contribution < -0.4 is 0 Å². The van der Waals surface area contributed by atoms with Gasteiger partial charge in [-0.15, -0.1) is 0 Å². The highest BCUT2D eigenvalue weighted by molar-refractivity contribution is 5.35. The van der Waals surface area contributed by atoms with Gasteiger partial charge in [0.1, 0.15) is 0 Å². The molecule has 4 aliphatic carbocycles. The summed E-state index contributed by atoms with van der Waals surface area (Å²) in [5.74, 6) is 5.67. The molecule has 2 saturated carbocycles. The minimum atomic E-state index is 0.468. The third-order valence-corrected chi connectivity index (χ3v) is 10.1. The Morgan fingerprint density at radius 3 is 2.50 bits per heavy atom. The quantitative estimate of drug-likeness (QED) is 0.431. The van der Waals surface area contributed by atoms with E-state index in [1.54, 1.807) is 5.57 Å². The molecule has 0 spiro atoms. The maximum absolute atomic E-state index is 2.67. The smallest absolute Gasteiger partial charge is 0.00445 e. The largest absolute Gasteiger partial charge is 0.0852 e. The van der Waals surface area contributed by atoms with E-state index in [1.165, 1.54) is 44.9 Å². The summed E-state index contributed by atoms with van der Waals surface area (Å²) in [7, 11) is 0. The topological polar surface area (TPSA) is 0 Å². The number of allylic oxidation sites excluding steroid dienone is 6. The van der Waals surface area contributed by atoms with Gasteiger partial charge < -0.3 is 0 Å². The Balaban J connectivity index is 1.55. The lowest BCUT2D eigenvalue weighted by Gasteiger charge is -2.56. The van der Waals surface area contributed by atoms with E-state index in [4.69, 9.17) is 0 Å². The molecule has 2 fully saturated rings. The van der Waals surface area contributed by atoms with E-state index in [0.29, 0.717) is 16.7 Å². The Morgan fingerprint density at radius 1 is 0.964 bits per heavy atom. The maximum atomic E-state index is 2.67. The molecule has 8 atom stereocenters. The summed E-state index contributed by atoms with van der Waals surface area (Å²) in [5.41, 5.74) is 2.69. The third kappa shape index (κ3) is 3.18. The first-order chi connectivity index (χ1) is 13.3. The Morgan fingerprint density at radius 2 is 1.75 bits per heavy atom. The molecule has 4 rings (SSSR count). The predicted molar refractivity (Wildman–Crippen MR) is 122 cm³/mol. The first kappa shape index (κ1) is 20.5. The van der Waals surface area contributed by atoms with Crippen LogP contribution in [-0.2, 0) is 0 Å². The van der Waals surface area contributed by atoms with Gasteiger partial charge in [-0.25, -0.2) is 0 Å². The highest BCUT2D eigenvalue weighted by Gasteiger charge is 2.58. The monoisotopic (exact) mass is 380 g/mol. The molecule has 8 unspecified atom stereocenters. The molecule has 0 aromatic rings. The summed E-state index contributed by atoms with van der Waals surface area (Å²) in [6.45, 7) is 14.8. The van der Waals surface area contributed by atoms with Crippen molar-refractivity contribution in [2.75, 3.05) is 0 Å². The zero-order chi connectivity index (χ0) is 20.1. The van der Waals surface area contributed by atoms with Crippen molar-refractivity contribution in [2.24, 2.45) is 52.3 Å². The summed E-state index contributed by atoms with van der Waals surface area (Å²) >= 11 is 0.